The zero-order chi connectivity index (χ0) is 14.9. The lowest BCUT2D eigenvalue weighted by atomic mass is 9.91. The number of nitro benzene ring substituents is 1. The number of anilines is 1. The molecule has 1 heterocycles. The van der Waals surface area contributed by atoms with Crippen LogP contribution < -0.4 is 5.73 Å². The van der Waals surface area contributed by atoms with Gasteiger partial charge >= 0.3 is 0 Å². The van der Waals surface area contributed by atoms with Crippen LogP contribution in [0.4, 0.5) is 11.5 Å². The highest BCUT2D eigenvalue weighted by Crippen LogP contribution is 2.26. The summed E-state index contributed by atoms with van der Waals surface area (Å²) in [5.74, 6) is 0.401. The fraction of sp³-hybridized carbons (Fsp3) is 0.357. The maximum atomic E-state index is 11.1. The van der Waals surface area contributed by atoms with Crippen LogP contribution in [0.3, 0.4) is 0 Å². The van der Waals surface area contributed by atoms with Gasteiger partial charge in [-0.05, 0) is 17.9 Å². The lowest BCUT2D eigenvalue weighted by Crippen LogP contribution is -2.10. The number of para-hydroxylation sites is 2. The average Bonchev–Trinajstić information content (AvgIpc) is 2.67. The van der Waals surface area contributed by atoms with Crippen LogP contribution in [0.25, 0.3) is 5.69 Å². The molecule has 0 bridgehead atoms. The molecule has 0 fully saturated rings. The average molecular weight is 274 g/mol. The number of rotatable bonds is 3. The first-order valence-corrected chi connectivity index (χ1v) is 6.36. The molecule has 2 rings (SSSR count). The summed E-state index contributed by atoms with van der Waals surface area (Å²) in [5.41, 5.74) is 7.22. The van der Waals surface area contributed by atoms with Gasteiger partial charge in [-0.2, -0.15) is 5.10 Å². The van der Waals surface area contributed by atoms with Crippen molar-refractivity contribution in [1.29, 1.82) is 0 Å². The summed E-state index contributed by atoms with van der Waals surface area (Å²) < 4.78 is 1.43. The molecule has 0 amide bonds. The number of nitrogens with two attached hydrogens (primary N) is 1. The van der Waals surface area contributed by atoms with Crippen LogP contribution >= 0.6 is 0 Å². The van der Waals surface area contributed by atoms with Crippen molar-refractivity contribution in [2.24, 2.45) is 5.41 Å². The van der Waals surface area contributed by atoms with E-state index in [2.05, 4.69) is 25.9 Å². The van der Waals surface area contributed by atoms with E-state index in [9.17, 15) is 10.1 Å². The molecule has 0 aliphatic heterocycles. The van der Waals surface area contributed by atoms with Crippen molar-refractivity contribution in [2.45, 2.75) is 27.2 Å². The summed E-state index contributed by atoms with van der Waals surface area (Å²) in [4.78, 5) is 10.6. The minimum Gasteiger partial charge on any atom is -0.384 e. The third kappa shape index (κ3) is 2.96. The molecule has 0 saturated heterocycles. The van der Waals surface area contributed by atoms with Crippen molar-refractivity contribution in [1.82, 2.24) is 9.78 Å². The summed E-state index contributed by atoms with van der Waals surface area (Å²) >= 11 is 0. The van der Waals surface area contributed by atoms with Crippen molar-refractivity contribution in [3.63, 3.8) is 0 Å². The predicted molar refractivity (Wildman–Crippen MR) is 77.8 cm³/mol. The summed E-state index contributed by atoms with van der Waals surface area (Å²) in [5, 5.41) is 15.5. The summed E-state index contributed by atoms with van der Waals surface area (Å²) in [6.07, 6.45) is 0.755. The molecule has 0 spiro atoms. The fourth-order valence-corrected chi connectivity index (χ4v) is 2.07. The van der Waals surface area contributed by atoms with E-state index >= 15 is 0 Å². The van der Waals surface area contributed by atoms with E-state index in [4.69, 9.17) is 5.73 Å². The number of aromatic nitrogens is 2. The maximum Gasteiger partial charge on any atom is 0.294 e. The van der Waals surface area contributed by atoms with Crippen molar-refractivity contribution in [3.8, 4) is 5.69 Å². The van der Waals surface area contributed by atoms with Gasteiger partial charge in [0.1, 0.15) is 11.5 Å². The zero-order valence-electron chi connectivity index (χ0n) is 11.8. The second-order valence-corrected chi connectivity index (χ2v) is 5.96. The lowest BCUT2D eigenvalue weighted by Gasteiger charge is -2.15. The van der Waals surface area contributed by atoms with Gasteiger partial charge in [0.2, 0.25) is 0 Å². The van der Waals surface area contributed by atoms with E-state index in [0.717, 1.165) is 12.1 Å². The van der Waals surface area contributed by atoms with Gasteiger partial charge in [-0.3, -0.25) is 10.1 Å². The molecule has 6 nitrogen and oxygen atoms in total. The maximum absolute atomic E-state index is 11.1. The molecule has 2 aromatic rings. The zero-order valence-corrected chi connectivity index (χ0v) is 11.8. The normalized spacial score (nSPS) is 11.6. The molecular formula is C14H18N4O2. The summed E-state index contributed by atoms with van der Waals surface area (Å²) in [6, 6.07) is 8.20. The molecule has 6 heteroatoms. The number of nitrogen functional groups attached to an aromatic ring is 1. The smallest absolute Gasteiger partial charge is 0.294 e. The second kappa shape index (κ2) is 4.96. The van der Waals surface area contributed by atoms with Gasteiger partial charge in [0.05, 0.1) is 10.6 Å². The second-order valence-electron chi connectivity index (χ2n) is 5.96. The standard InChI is InChI=1S/C14H18N4O2/c1-14(2,3)9-10-8-13(15)17(16-10)11-6-4-5-7-12(11)18(19)20/h4-8H,9,15H2,1-3H3. The summed E-state index contributed by atoms with van der Waals surface area (Å²) in [6.45, 7) is 6.31. The molecule has 0 saturated carbocycles. The molecule has 106 valence electrons. The Bertz CT molecular complexity index is 641. The third-order valence-electron chi connectivity index (χ3n) is 2.81. The number of benzene rings is 1. The molecular weight excluding hydrogens is 256 g/mol. The first-order chi connectivity index (χ1) is 9.28. The number of nitrogens with zero attached hydrogens (tertiary/aromatic N) is 3. The molecule has 0 aliphatic carbocycles. The van der Waals surface area contributed by atoms with Gasteiger partial charge in [0.15, 0.2) is 0 Å². The number of nitro groups is 1. The highest BCUT2D eigenvalue weighted by Gasteiger charge is 2.19. The molecule has 1 aromatic carbocycles. The lowest BCUT2D eigenvalue weighted by molar-refractivity contribution is -0.384. The first-order valence-electron chi connectivity index (χ1n) is 6.36. The Balaban J connectivity index is 2.47. The minimum absolute atomic E-state index is 0.00962. The fourth-order valence-electron chi connectivity index (χ4n) is 2.07. The monoisotopic (exact) mass is 274 g/mol. The highest BCUT2D eigenvalue weighted by atomic mass is 16.6. The van der Waals surface area contributed by atoms with Gasteiger partial charge < -0.3 is 5.73 Å². The molecule has 0 unspecified atom stereocenters. The largest absolute Gasteiger partial charge is 0.384 e. The Morgan fingerprint density at radius 3 is 2.60 bits per heavy atom. The summed E-state index contributed by atoms with van der Waals surface area (Å²) in [7, 11) is 0. The van der Waals surface area contributed by atoms with Crippen LogP contribution in [0.5, 0.6) is 0 Å². The van der Waals surface area contributed by atoms with Crippen LogP contribution in [0, 0.1) is 15.5 Å². The molecule has 1 aromatic heterocycles. The Hall–Kier alpha value is -2.37. The van der Waals surface area contributed by atoms with Gasteiger partial charge in [-0.15, -0.1) is 0 Å². The van der Waals surface area contributed by atoms with Crippen LogP contribution in [0.2, 0.25) is 0 Å². The number of hydrogen-bond donors (Lipinski definition) is 1. The van der Waals surface area contributed by atoms with Gasteiger partial charge in [0, 0.05) is 12.1 Å². The molecule has 0 aliphatic rings. The van der Waals surface area contributed by atoms with Crippen molar-refractivity contribution in [2.75, 3.05) is 5.73 Å². The first kappa shape index (κ1) is 14.0. The molecule has 0 atom stereocenters. The Labute approximate surface area is 117 Å². The van der Waals surface area contributed by atoms with Crippen LogP contribution in [-0.2, 0) is 6.42 Å². The van der Waals surface area contributed by atoms with E-state index in [-0.39, 0.29) is 11.1 Å². The minimum atomic E-state index is -0.431. The van der Waals surface area contributed by atoms with Crippen LogP contribution in [0.1, 0.15) is 26.5 Å². The van der Waals surface area contributed by atoms with Crippen LogP contribution in [-0.4, -0.2) is 14.7 Å². The van der Waals surface area contributed by atoms with Crippen molar-refractivity contribution >= 4 is 11.5 Å². The Morgan fingerprint density at radius 1 is 1.35 bits per heavy atom. The van der Waals surface area contributed by atoms with Crippen molar-refractivity contribution < 1.29 is 4.92 Å². The van der Waals surface area contributed by atoms with Gasteiger partial charge in [0.25, 0.3) is 5.69 Å². The highest BCUT2D eigenvalue weighted by molar-refractivity contribution is 5.55. The Morgan fingerprint density at radius 2 is 2.00 bits per heavy atom. The van der Waals surface area contributed by atoms with Gasteiger partial charge in [-0.1, -0.05) is 32.9 Å². The molecule has 0 radical (unpaired) electrons. The topological polar surface area (TPSA) is 87.0 Å². The Kier molecular flexibility index (Phi) is 3.48. The molecule has 2 N–H and O–H groups in total. The third-order valence-corrected chi connectivity index (χ3v) is 2.81. The van der Waals surface area contributed by atoms with Crippen molar-refractivity contribution in [3.05, 3.63) is 46.1 Å². The van der Waals surface area contributed by atoms with Gasteiger partial charge in [-0.25, -0.2) is 4.68 Å². The SMILES string of the molecule is CC(C)(C)Cc1cc(N)n(-c2ccccc2[N+](=O)[O-])n1. The van der Waals surface area contributed by atoms with E-state index in [0.29, 0.717) is 11.5 Å². The van der Waals surface area contributed by atoms with E-state index in [1.165, 1.54) is 10.7 Å². The van der Waals surface area contributed by atoms with E-state index in [1.54, 1.807) is 24.3 Å². The number of hydrogen-bond acceptors (Lipinski definition) is 4. The predicted octanol–water partition coefficient (Wildman–Crippen LogP) is 2.95. The van der Waals surface area contributed by atoms with Crippen LogP contribution in [0.15, 0.2) is 30.3 Å². The van der Waals surface area contributed by atoms with E-state index in [1.807, 2.05) is 0 Å². The molecule has 20 heavy (non-hydrogen) atoms. The van der Waals surface area contributed by atoms with E-state index < -0.39 is 4.92 Å². The quantitative estimate of drug-likeness (QED) is 0.688.